The molecular formula is C14H19NO3S. The van der Waals surface area contributed by atoms with E-state index in [1.807, 2.05) is 0 Å². The lowest BCUT2D eigenvalue weighted by Gasteiger charge is -2.10. The van der Waals surface area contributed by atoms with Crippen LogP contribution in [0, 0.1) is 5.92 Å². The summed E-state index contributed by atoms with van der Waals surface area (Å²) in [5.74, 6) is 0.913. The third-order valence-electron chi connectivity index (χ3n) is 3.34. The van der Waals surface area contributed by atoms with Crippen molar-refractivity contribution < 1.29 is 15.0 Å². The molecule has 3 N–H and O–H groups in total. The van der Waals surface area contributed by atoms with Crippen molar-refractivity contribution in [2.75, 3.05) is 12.3 Å². The lowest BCUT2D eigenvalue weighted by atomic mass is 10.1. The van der Waals surface area contributed by atoms with E-state index in [1.54, 1.807) is 17.8 Å². The van der Waals surface area contributed by atoms with Crippen molar-refractivity contribution >= 4 is 17.7 Å². The molecule has 0 atom stereocenters. The van der Waals surface area contributed by atoms with E-state index in [-0.39, 0.29) is 23.3 Å². The first-order valence-electron chi connectivity index (χ1n) is 6.59. The quantitative estimate of drug-likeness (QED) is 0.440. The monoisotopic (exact) mass is 281 g/mol. The molecule has 1 fully saturated rings. The number of hydrogen-bond acceptors (Lipinski definition) is 4. The van der Waals surface area contributed by atoms with Crippen LogP contribution in [0.4, 0.5) is 0 Å². The summed E-state index contributed by atoms with van der Waals surface area (Å²) < 4.78 is 0. The molecule has 0 heterocycles. The number of amides is 1. The number of benzene rings is 1. The Labute approximate surface area is 117 Å². The molecule has 4 nitrogen and oxygen atoms in total. The van der Waals surface area contributed by atoms with Gasteiger partial charge in [0.2, 0.25) is 5.91 Å². The number of aromatic hydroxyl groups is 2. The highest BCUT2D eigenvalue weighted by Crippen LogP contribution is 2.29. The number of thioether (sulfide) groups is 1. The first-order valence-corrected chi connectivity index (χ1v) is 7.58. The van der Waals surface area contributed by atoms with E-state index in [9.17, 15) is 15.0 Å². The van der Waals surface area contributed by atoms with Gasteiger partial charge in [0.15, 0.2) is 11.5 Å². The van der Waals surface area contributed by atoms with Gasteiger partial charge in [-0.3, -0.25) is 4.79 Å². The van der Waals surface area contributed by atoms with E-state index in [4.69, 9.17) is 0 Å². The first-order chi connectivity index (χ1) is 9.16. The zero-order valence-electron chi connectivity index (χ0n) is 10.8. The van der Waals surface area contributed by atoms with Crippen LogP contribution >= 0.6 is 11.8 Å². The third kappa shape index (κ3) is 4.06. The molecule has 1 aliphatic carbocycles. The second-order valence-electron chi connectivity index (χ2n) is 4.77. The Morgan fingerprint density at radius 3 is 2.68 bits per heavy atom. The Hall–Kier alpha value is -1.36. The van der Waals surface area contributed by atoms with Crippen LogP contribution in [-0.4, -0.2) is 28.4 Å². The van der Waals surface area contributed by atoms with E-state index in [0.29, 0.717) is 6.54 Å². The van der Waals surface area contributed by atoms with Gasteiger partial charge in [-0.05, 0) is 31.0 Å². The molecule has 0 saturated heterocycles. The first kappa shape index (κ1) is 14.1. The summed E-state index contributed by atoms with van der Waals surface area (Å²) in [5, 5.41) is 21.5. The summed E-state index contributed by atoms with van der Waals surface area (Å²) in [6.45, 7) is 0.627. The zero-order valence-corrected chi connectivity index (χ0v) is 11.6. The van der Waals surface area contributed by atoms with Gasteiger partial charge in [-0.25, -0.2) is 0 Å². The van der Waals surface area contributed by atoms with Crippen LogP contribution in [0.5, 0.6) is 11.5 Å². The topological polar surface area (TPSA) is 69.6 Å². The molecule has 2 rings (SSSR count). The summed E-state index contributed by atoms with van der Waals surface area (Å²) >= 11 is 1.54. The maximum atomic E-state index is 11.8. The molecule has 0 bridgehead atoms. The molecule has 0 spiro atoms. The van der Waals surface area contributed by atoms with Gasteiger partial charge in [-0.15, -0.1) is 11.8 Å². The minimum atomic E-state index is -0.112. The smallest absolute Gasteiger partial charge is 0.223 e. The van der Waals surface area contributed by atoms with E-state index >= 15 is 0 Å². The fourth-order valence-electron chi connectivity index (χ4n) is 2.27. The summed E-state index contributed by atoms with van der Waals surface area (Å²) in [7, 11) is 0. The third-order valence-corrected chi connectivity index (χ3v) is 4.34. The number of phenolic OH excluding ortho intramolecular Hbond substituents is 2. The second kappa shape index (κ2) is 6.70. The van der Waals surface area contributed by atoms with Gasteiger partial charge in [0.05, 0.1) is 0 Å². The minimum Gasteiger partial charge on any atom is -0.504 e. The Morgan fingerprint density at radius 2 is 2.00 bits per heavy atom. The van der Waals surface area contributed by atoms with Crippen molar-refractivity contribution in [1.82, 2.24) is 5.32 Å². The summed E-state index contributed by atoms with van der Waals surface area (Å²) in [5.41, 5.74) is 0. The average molecular weight is 281 g/mol. The van der Waals surface area contributed by atoms with Crippen LogP contribution in [0.2, 0.25) is 0 Å². The van der Waals surface area contributed by atoms with Crippen molar-refractivity contribution in [3.05, 3.63) is 18.2 Å². The standard InChI is InChI=1S/C14H19NO3S/c16-12-6-5-11(9-13(12)17)19-8-7-15-14(18)10-3-1-2-4-10/h5-6,9-10,16-17H,1-4,7-8H2,(H,15,18). The average Bonchev–Trinajstić information content (AvgIpc) is 2.92. The Kier molecular flexibility index (Phi) is 4.96. The van der Waals surface area contributed by atoms with E-state index in [2.05, 4.69) is 5.32 Å². The van der Waals surface area contributed by atoms with E-state index in [0.717, 1.165) is 23.5 Å². The Balaban J connectivity index is 1.68. The molecule has 1 amide bonds. The van der Waals surface area contributed by atoms with Crippen LogP contribution in [0.25, 0.3) is 0 Å². The molecule has 1 aromatic carbocycles. The SMILES string of the molecule is O=C(NCCSc1ccc(O)c(O)c1)C1CCCC1. The lowest BCUT2D eigenvalue weighted by Crippen LogP contribution is -2.30. The molecule has 0 aliphatic heterocycles. The lowest BCUT2D eigenvalue weighted by molar-refractivity contribution is -0.124. The van der Waals surface area contributed by atoms with Crippen LogP contribution in [-0.2, 0) is 4.79 Å². The van der Waals surface area contributed by atoms with Crippen molar-refractivity contribution in [2.24, 2.45) is 5.92 Å². The summed E-state index contributed by atoms with van der Waals surface area (Å²) in [4.78, 5) is 12.6. The molecule has 0 radical (unpaired) electrons. The highest BCUT2D eigenvalue weighted by molar-refractivity contribution is 7.99. The van der Waals surface area contributed by atoms with Gasteiger partial charge in [-0.2, -0.15) is 0 Å². The van der Waals surface area contributed by atoms with Gasteiger partial charge < -0.3 is 15.5 Å². The molecule has 19 heavy (non-hydrogen) atoms. The Morgan fingerprint density at radius 1 is 1.26 bits per heavy atom. The molecule has 0 unspecified atom stereocenters. The predicted octanol–water partition coefficient (Wildman–Crippen LogP) is 2.50. The zero-order chi connectivity index (χ0) is 13.7. The number of carbonyl (C=O) groups is 1. The molecular weight excluding hydrogens is 262 g/mol. The van der Waals surface area contributed by atoms with Crippen molar-refractivity contribution in [2.45, 2.75) is 30.6 Å². The molecule has 104 valence electrons. The minimum absolute atomic E-state index is 0.111. The van der Waals surface area contributed by atoms with Crippen molar-refractivity contribution in [3.63, 3.8) is 0 Å². The number of rotatable bonds is 5. The number of phenols is 2. The van der Waals surface area contributed by atoms with Gasteiger partial charge in [0, 0.05) is 23.1 Å². The van der Waals surface area contributed by atoms with Crippen LogP contribution < -0.4 is 5.32 Å². The largest absolute Gasteiger partial charge is 0.504 e. The normalized spacial score (nSPS) is 15.6. The van der Waals surface area contributed by atoms with Crippen LogP contribution in [0.1, 0.15) is 25.7 Å². The van der Waals surface area contributed by atoms with E-state index < -0.39 is 0 Å². The van der Waals surface area contributed by atoms with Gasteiger partial charge in [0.1, 0.15) is 0 Å². The molecule has 1 saturated carbocycles. The fraction of sp³-hybridized carbons (Fsp3) is 0.500. The van der Waals surface area contributed by atoms with Gasteiger partial charge in [-0.1, -0.05) is 12.8 Å². The van der Waals surface area contributed by atoms with Crippen molar-refractivity contribution in [1.29, 1.82) is 0 Å². The molecule has 5 heteroatoms. The maximum Gasteiger partial charge on any atom is 0.223 e. The van der Waals surface area contributed by atoms with Crippen LogP contribution in [0.15, 0.2) is 23.1 Å². The molecule has 1 aromatic rings. The molecule has 1 aliphatic rings. The highest BCUT2D eigenvalue weighted by Gasteiger charge is 2.21. The van der Waals surface area contributed by atoms with Gasteiger partial charge in [0.25, 0.3) is 0 Å². The highest BCUT2D eigenvalue weighted by atomic mass is 32.2. The summed E-state index contributed by atoms with van der Waals surface area (Å²) in [6.07, 6.45) is 4.37. The van der Waals surface area contributed by atoms with Crippen LogP contribution in [0.3, 0.4) is 0 Å². The number of hydrogen-bond donors (Lipinski definition) is 3. The molecule has 0 aromatic heterocycles. The maximum absolute atomic E-state index is 11.8. The van der Waals surface area contributed by atoms with Crippen molar-refractivity contribution in [3.8, 4) is 11.5 Å². The number of carbonyl (C=O) groups excluding carboxylic acids is 1. The fourth-order valence-corrected chi connectivity index (χ4v) is 3.07. The second-order valence-corrected chi connectivity index (χ2v) is 5.94. The Bertz CT molecular complexity index is 444. The van der Waals surface area contributed by atoms with E-state index in [1.165, 1.54) is 25.0 Å². The number of nitrogens with one attached hydrogen (secondary N) is 1. The van der Waals surface area contributed by atoms with Gasteiger partial charge >= 0.3 is 0 Å². The predicted molar refractivity (Wildman–Crippen MR) is 75.5 cm³/mol. The summed E-state index contributed by atoms with van der Waals surface area (Å²) in [6, 6.07) is 4.74.